The van der Waals surface area contributed by atoms with Crippen molar-refractivity contribution in [1.29, 1.82) is 0 Å². The van der Waals surface area contributed by atoms with Crippen molar-refractivity contribution in [2.75, 3.05) is 0 Å². The second-order valence-electron chi connectivity index (χ2n) is 6.24. The number of rotatable bonds is 6. The number of thioether (sulfide) groups is 1. The van der Waals surface area contributed by atoms with E-state index in [1.54, 1.807) is 31.2 Å². The number of hydrogen-bond donors (Lipinski definition) is 2. The van der Waals surface area contributed by atoms with Crippen LogP contribution < -0.4 is 10.6 Å². The Morgan fingerprint density at radius 1 is 1.15 bits per heavy atom. The molecule has 26 heavy (non-hydrogen) atoms. The molecule has 2 N–H and O–H groups in total. The lowest BCUT2D eigenvalue weighted by Crippen LogP contribution is -2.47. The number of amides is 3. The number of carbonyl (C=O) groups is 3. The fourth-order valence-corrected chi connectivity index (χ4v) is 3.57. The van der Waals surface area contributed by atoms with E-state index in [-0.39, 0.29) is 6.04 Å². The second kappa shape index (κ2) is 9.83. The van der Waals surface area contributed by atoms with Gasteiger partial charge in [0.2, 0.25) is 0 Å². The van der Waals surface area contributed by atoms with Crippen LogP contribution in [-0.4, -0.2) is 35.3 Å². The molecule has 3 amide bonds. The molecule has 0 aromatic heterocycles. The van der Waals surface area contributed by atoms with Crippen LogP contribution in [0.15, 0.2) is 29.2 Å². The van der Waals surface area contributed by atoms with Crippen molar-refractivity contribution in [3.05, 3.63) is 29.3 Å². The second-order valence-corrected chi connectivity index (χ2v) is 8.09. The molecule has 6 nitrogen and oxygen atoms in total. The van der Waals surface area contributed by atoms with Crippen LogP contribution in [0.3, 0.4) is 0 Å². The first-order chi connectivity index (χ1) is 12.3. The molecule has 0 saturated heterocycles. The number of esters is 1. The molecule has 0 radical (unpaired) electrons. The van der Waals surface area contributed by atoms with Crippen LogP contribution in [0.4, 0.5) is 4.79 Å². The fraction of sp³-hybridized carbons (Fsp3) is 0.500. The van der Waals surface area contributed by atoms with Crippen LogP contribution in [-0.2, 0) is 14.3 Å². The van der Waals surface area contributed by atoms with E-state index in [0.717, 1.165) is 30.6 Å². The summed E-state index contributed by atoms with van der Waals surface area (Å²) in [5, 5.41) is 5.09. The first-order valence-electron chi connectivity index (χ1n) is 8.59. The number of ether oxygens (including phenoxy) is 1. The van der Waals surface area contributed by atoms with Crippen molar-refractivity contribution >= 4 is 41.3 Å². The number of hydrogen-bond acceptors (Lipinski definition) is 5. The van der Waals surface area contributed by atoms with Crippen molar-refractivity contribution in [3.8, 4) is 0 Å². The molecule has 142 valence electrons. The first-order valence-corrected chi connectivity index (χ1v) is 9.85. The minimum atomic E-state index is -1.05. The number of imide groups is 1. The van der Waals surface area contributed by atoms with Crippen LogP contribution in [0.1, 0.15) is 39.5 Å². The van der Waals surface area contributed by atoms with Gasteiger partial charge in [-0.05, 0) is 51.0 Å². The van der Waals surface area contributed by atoms with Gasteiger partial charge in [0.05, 0.1) is 0 Å². The highest BCUT2D eigenvalue weighted by Gasteiger charge is 2.25. The molecule has 1 aromatic rings. The maximum atomic E-state index is 12.1. The molecule has 0 unspecified atom stereocenters. The Hall–Kier alpha value is -1.73. The number of halogens is 1. The summed E-state index contributed by atoms with van der Waals surface area (Å²) in [4.78, 5) is 36.8. The van der Waals surface area contributed by atoms with Gasteiger partial charge >= 0.3 is 12.0 Å². The lowest BCUT2D eigenvalue weighted by molar-refractivity contribution is -0.153. The molecule has 0 aliphatic heterocycles. The molecule has 2 atom stereocenters. The Labute approximate surface area is 162 Å². The van der Waals surface area contributed by atoms with Gasteiger partial charge in [0.1, 0.15) is 5.25 Å². The van der Waals surface area contributed by atoms with Crippen LogP contribution in [0.5, 0.6) is 0 Å². The number of benzene rings is 1. The standard InChI is InChI=1S/C18H23ClN2O4S/c1-11(16(22)21-18(24)20-14-5-3-4-6-14)25-17(23)12(2)26-15-9-7-13(19)8-10-15/h7-12,14H,3-6H2,1-2H3,(H2,20,21,22,24)/t11-,12-/m0/s1. The van der Waals surface area contributed by atoms with Crippen LogP contribution in [0.2, 0.25) is 5.02 Å². The van der Waals surface area contributed by atoms with Gasteiger partial charge in [0.25, 0.3) is 5.91 Å². The van der Waals surface area contributed by atoms with E-state index in [1.807, 2.05) is 0 Å². The Morgan fingerprint density at radius 2 is 1.77 bits per heavy atom. The van der Waals surface area contributed by atoms with E-state index in [2.05, 4.69) is 10.6 Å². The third-order valence-corrected chi connectivity index (χ3v) is 5.39. The first kappa shape index (κ1) is 20.6. The predicted molar refractivity (Wildman–Crippen MR) is 101 cm³/mol. The number of carbonyl (C=O) groups excluding carboxylic acids is 3. The third kappa shape index (κ3) is 6.53. The summed E-state index contributed by atoms with van der Waals surface area (Å²) in [5.41, 5.74) is 0. The quantitative estimate of drug-likeness (QED) is 0.565. The SMILES string of the molecule is C[C@H](OC(=O)[C@H](C)Sc1ccc(Cl)cc1)C(=O)NC(=O)NC1CCCC1. The van der Waals surface area contributed by atoms with Crippen molar-refractivity contribution < 1.29 is 19.1 Å². The van der Waals surface area contributed by atoms with Crippen molar-refractivity contribution in [3.63, 3.8) is 0 Å². The molecular weight excluding hydrogens is 376 g/mol. The molecule has 1 aliphatic carbocycles. The summed E-state index contributed by atoms with van der Waals surface area (Å²) in [6.45, 7) is 3.13. The summed E-state index contributed by atoms with van der Waals surface area (Å²) in [6, 6.07) is 6.65. The van der Waals surface area contributed by atoms with Gasteiger partial charge in [0.15, 0.2) is 6.10 Å². The highest BCUT2D eigenvalue weighted by molar-refractivity contribution is 8.00. The van der Waals surface area contributed by atoms with Crippen LogP contribution in [0, 0.1) is 0 Å². The van der Waals surface area contributed by atoms with E-state index < -0.39 is 29.3 Å². The Bertz CT molecular complexity index is 647. The molecule has 1 aromatic carbocycles. The fourth-order valence-electron chi connectivity index (χ4n) is 2.59. The van der Waals surface area contributed by atoms with E-state index in [0.29, 0.717) is 5.02 Å². The molecule has 1 aliphatic rings. The topological polar surface area (TPSA) is 84.5 Å². The minimum absolute atomic E-state index is 0.108. The highest BCUT2D eigenvalue weighted by atomic mass is 35.5. The van der Waals surface area contributed by atoms with Gasteiger partial charge in [0, 0.05) is 16.0 Å². The average molecular weight is 399 g/mol. The maximum Gasteiger partial charge on any atom is 0.321 e. The van der Waals surface area contributed by atoms with Gasteiger partial charge in [-0.25, -0.2) is 4.79 Å². The Morgan fingerprint density at radius 3 is 2.38 bits per heavy atom. The predicted octanol–water partition coefficient (Wildman–Crippen LogP) is 3.52. The summed E-state index contributed by atoms with van der Waals surface area (Å²) in [7, 11) is 0. The Balaban J connectivity index is 1.76. The normalized spacial score (nSPS) is 16.6. The molecule has 0 spiro atoms. The van der Waals surface area contributed by atoms with Gasteiger partial charge in [-0.2, -0.15) is 0 Å². The largest absolute Gasteiger partial charge is 0.452 e. The van der Waals surface area contributed by atoms with Crippen LogP contribution in [0.25, 0.3) is 0 Å². The summed E-state index contributed by atoms with van der Waals surface area (Å²) in [5.74, 6) is -1.17. The zero-order chi connectivity index (χ0) is 19.1. The van der Waals surface area contributed by atoms with E-state index in [9.17, 15) is 14.4 Å². The van der Waals surface area contributed by atoms with Gasteiger partial charge in [-0.1, -0.05) is 24.4 Å². The van der Waals surface area contributed by atoms with Gasteiger partial charge < -0.3 is 10.1 Å². The molecular formula is C18H23ClN2O4S. The monoisotopic (exact) mass is 398 g/mol. The Kier molecular flexibility index (Phi) is 7.78. The number of nitrogens with one attached hydrogen (secondary N) is 2. The highest BCUT2D eigenvalue weighted by Crippen LogP contribution is 2.25. The minimum Gasteiger partial charge on any atom is -0.452 e. The van der Waals surface area contributed by atoms with Crippen molar-refractivity contribution in [2.24, 2.45) is 0 Å². The van der Waals surface area contributed by atoms with Gasteiger partial charge in [-0.15, -0.1) is 11.8 Å². The van der Waals surface area contributed by atoms with Crippen LogP contribution >= 0.6 is 23.4 Å². The summed E-state index contributed by atoms with van der Waals surface area (Å²) < 4.78 is 5.16. The molecule has 1 fully saturated rings. The zero-order valence-electron chi connectivity index (χ0n) is 14.8. The maximum absolute atomic E-state index is 12.1. The molecule has 0 bridgehead atoms. The third-order valence-electron chi connectivity index (χ3n) is 4.05. The lowest BCUT2D eigenvalue weighted by atomic mass is 10.2. The molecule has 2 rings (SSSR count). The van der Waals surface area contributed by atoms with E-state index in [4.69, 9.17) is 16.3 Å². The zero-order valence-corrected chi connectivity index (χ0v) is 16.4. The molecule has 0 heterocycles. The molecule has 1 saturated carbocycles. The summed E-state index contributed by atoms with van der Waals surface area (Å²) >= 11 is 7.14. The van der Waals surface area contributed by atoms with E-state index >= 15 is 0 Å². The lowest BCUT2D eigenvalue weighted by Gasteiger charge is -2.17. The average Bonchev–Trinajstić information content (AvgIpc) is 3.09. The van der Waals surface area contributed by atoms with Crippen molar-refractivity contribution in [2.45, 2.75) is 61.8 Å². The number of urea groups is 1. The summed E-state index contributed by atoms with van der Waals surface area (Å²) in [6.07, 6.45) is 2.95. The smallest absolute Gasteiger partial charge is 0.321 e. The van der Waals surface area contributed by atoms with Crippen molar-refractivity contribution in [1.82, 2.24) is 10.6 Å². The molecule has 8 heteroatoms. The van der Waals surface area contributed by atoms with E-state index in [1.165, 1.54) is 18.7 Å². The van der Waals surface area contributed by atoms with Gasteiger partial charge in [-0.3, -0.25) is 14.9 Å².